The SMILES string of the molecule is CC/C=C\C/C=C\C/C=C\C/C=C\C/C=C\C/C=C\CCC(=O)OC(COC(=O)CCCCCCCCC/C=C\C/C=C\C/C=C\C/C=C\C/C=C\CC)COC(=O)CCCCCCCCCCCCCC. The summed E-state index contributed by atoms with van der Waals surface area (Å²) < 4.78 is 16.8. The van der Waals surface area contributed by atoms with Crippen LogP contribution >= 0.6 is 0 Å². The molecule has 0 aromatic heterocycles. The van der Waals surface area contributed by atoms with E-state index >= 15 is 0 Å². The van der Waals surface area contributed by atoms with Crippen molar-refractivity contribution < 1.29 is 28.6 Å². The topological polar surface area (TPSA) is 78.9 Å². The molecule has 1 atom stereocenters. The number of hydrogen-bond donors (Lipinski definition) is 0. The number of carbonyl (C=O) groups is 3. The second kappa shape index (κ2) is 59.1. The first kappa shape index (κ1) is 67.5. The molecule has 6 heteroatoms. The first-order valence-corrected chi connectivity index (χ1v) is 29.2. The smallest absolute Gasteiger partial charge is 0.306 e. The Hall–Kier alpha value is -4.45. The van der Waals surface area contributed by atoms with Gasteiger partial charge in [0.25, 0.3) is 0 Å². The van der Waals surface area contributed by atoms with Crippen LogP contribution in [0, 0.1) is 0 Å². The van der Waals surface area contributed by atoms with E-state index in [1.807, 2.05) is 12.2 Å². The third-order valence-electron chi connectivity index (χ3n) is 11.9. The van der Waals surface area contributed by atoms with Crippen molar-refractivity contribution >= 4 is 17.9 Å². The van der Waals surface area contributed by atoms with E-state index < -0.39 is 12.1 Å². The van der Waals surface area contributed by atoms with Crippen LogP contribution in [0.1, 0.15) is 245 Å². The predicted octanol–water partition coefficient (Wildman–Crippen LogP) is 19.8. The molecule has 0 radical (unpaired) electrons. The summed E-state index contributed by atoms with van der Waals surface area (Å²) in [6.07, 6.45) is 83.1. The van der Waals surface area contributed by atoms with Crippen molar-refractivity contribution in [1.29, 1.82) is 0 Å². The van der Waals surface area contributed by atoms with Gasteiger partial charge in [0.2, 0.25) is 0 Å². The minimum absolute atomic E-state index is 0.114. The third-order valence-corrected chi connectivity index (χ3v) is 11.9. The van der Waals surface area contributed by atoms with Crippen molar-refractivity contribution in [2.75, 3.05) is 13.2 Å². The third kappa shape index (κ3) is 56.5. The predicted molar refractivity (Wildman–Crippen MR) is 311 cm³/mol. The van der Waals surface area contributed by atoms with Crippen LogP contribution in [0.4, 0.5) is 0 Å². The molecule has 0 spiro atoms. The molecular weight excluding hydrogens is 889 g/mol. The van der Waals surface area contributed by atoms with Gasteiger partial charge in [-0.2, -0.15) is 0 Å². The fourth-order valence-electron chi connectivity index (χ4n) is 7.61. The van der Waals surface area contributed by atoms with Crippen LogP contribution in [-0.4, -0.2) is 37.2 Å². The van der Waals surface area contributed by atoms with Gasteiger partial charge in [-0.25, -0.2) is 0 Å². The van der Waals surface area contributed by atoms with Crippen molar-refractivity contribution in [3.63, 3.8) is 0 Å². The highest BCUT2D eigenvalue weighted by atomic mass is 16.6. The molecule has 0 fully saturated rings. The summed E-state index contributed by atoms with van der Waals surface area (Å²) in [5.41, 5.74) is 0. The normalized spacial score (nSPS) is 13.1. The van der Waals surface area contributed by atoms with Crippen LogP contribution in [0.15, 0.2) is 134 Å². The van der Waals surface area contributed by atoms with E-state index in [9.17, 15) is 14.4 Å². The van der Waals surface area contributed by atoms with Gasteiger partial charge in [0.1, 0.15) is 13.2 Å². The zero-order valence-electron chi connectivity index (χ0n) is 46.4. The van der Waals surface area contributed by atoms with Crippen LogP contribution in [0.2, 0.25) is 0 Å². The Morgan fingerprint density at radius 1 is 0.292 bits per heavy atom. The van der Waals surface area contributed by atoms with Crippen molar-refractivity contribution in [3.05, 3.63) is 134 Å². The van der Waals surface area contributed by atoms with Crippen LogP contribution in [0.25, 0.3) is 0 Å². The zero-order chi connectivity index (χ0) is 52.2. The second-order valence-corrected chi connectivity index (χ2v) is 18.8. The number of ether oxygens (including phenoxy) is 3. The molecule has 0 aromatic carbocycles. The van der Waals surface area contributed by atoms with Gasteiger partial charge in [-0.1, -0.05) is 257 Å². The molecule has 0 saturated heterocycles. The standard InChI is InChI=1S/C66H106O6/c1-4-7-10-13-16-19-22-25-27-29-31-32-33-34-36-37-39-41-44-47-50-53-56-59-65(68)71-62-63(61-70-64(67)58-55-52-49-46-43-24-21-18-15-12-9-6-3)72-66(69)60-57-54-51-48-45-42-40-38-35-30-28-26-23-20-17-14-11-8-5-2/h7-8,10-11,16-17,19-20,25-28,31-32,34-36,38,42,45,51,54,63H,4-6,9,12-15,18,21-24,29-30,33,37,39-41,43-44,46-50,52-53,55-62H2,1-3H3/b10-7-,11-8-,19-16-,20-17-,27-25-,28-26-,32-31-,36-34-,38-35-,45-42-,54-51-. The molecule has 0 aliphatic rings. The first-order chi connectivity index (χ1) is 35.5. The molecular formula is C66H106O6. The molecule has 72 heavy (non-hydrogen) atoms. The van der Waals surface area contributed by atoms with Gasteiger partial charge in [0.05, 0.1) is 0 Å². The summed E-state index contributed by atoms with van der Waals surface area (Å²) in [4.78, 5) is 38.1. The molecule has 0 rings (SSSR count). The Bertz CT molecular complexity index is 1560. The average Bonchev–Trinajstić information content (AvgIpc) is 3.38. The largest absolute Gasteiger partial charge is 0.462 e. The molecule has 0 aliphatic heterocycles. The Balaban J connectivity index is 4.48. The minimum Gasteiger partial charge on any atom is -0.462 e. The number of carbonyl (C=O) groups excluding carboxylic acids is 3. The van der Waals surface area contributed by atoms with Crippen LogP contribution in [0.5, 0.6) is 0 Å². The van der Waals surface area contributed by atoms with E-state index in [1.54, 1.807) is 0 Å². The summed E-state index contributed by atoms with van der Waals surface area (Å²) in [6.45, 7) is 6.33. The van der Waals surface area contributed by atoms with Crippen molar-refractivity contribution in [1.82, 2.24) is 0 Å². The van der Waals surface area contributed by atoms with Crippen LogP contribution in [0.3, 0.4) is 0 Å². The molecule has 406 valence electrons. The van der Waals surface area contributed by atoms with E-state index in [1.165, 1.54) is 83.5 Å². The molecule has 6 nitrogen and oxygen atoms in total. The van der Waals surface area contributed by atoms with Crippen molar-refractivity contribution in [2.24, 2.45) is 0 Å². The number of hydrogen-bond acceptors (Lipinski definition) is 6. The first-order valence-electron chi connectivity index (χ1n) is 29.2. The molecule has 1 unspecified atom stereocenters. The second-order valence-electron chi connectivity index (χ2n) is 18.8. The number of rotatable bonds is 51. The molecule has 0 amide bonds. The summed E-state index contributed by atoms with van der Waals surface area (Å²) in [6, 6.07) is 0. The number of unbranched alkanes of at least 4 members (excludes halogenated alkanes) is 18. The highest BCUT2D eigenvalue weighted by Gasteiger charge is 2.19. The van der Waals surface area contributed by atoms with Gasteiger partial charge in [-0.15, -0.1) is 0 Å². The quantitative estimate of drug-likeness (QED) is 0.0261. The van der Waals surface area contributed by atoms with E-state index in [4.69, 9.17) is 14.2 Å². The fourth-order valence-corrected chi connectivity index (χ4v) is 7.61. The number of allylic oxidation sites excluding steroid dienone is 22. The average molecular weight is 996 g/mol. The summed E-state index contributed by atoms with van der Waals surface area (Å²) in [7, 11) is 0. The number of esters is 3. The van der Waals surface area contributed by atoms with Crippen LogP contribution < -0.4 is 0 Å². The summed E-state index contributed by atoms with van der Waals surface area (Å²) >= 11 is 0. The maximum atomic E-state index is 12.8. The Morgan fingerprint density at radius 3 is 0.903 bits per heavy atom. The van der Waals surface area contributed by atoms with Gasteiger partial charge in [-0.05, 0) is 103 Å². The van der Waals surface area contributed by atoms with E-state index in [2.05, 4.69) is 142 Å². The molecule has 0 heterocycles. The Morgan fingerprint density at radius 2 is 0.569 bits per heavy atom. The Labute approximate surface area is 443 Å². The molecule has 0 N–H and O–H groups in total. The highest BCUT2D eigenvalue weighted by Crippen LogP contribution is 2.14. The maximum Gasteiger partial charge on any atom is 0.306 e. The zero-order valence-corrected chi connectivity index (χ0v) is 46.4. The van der Waals surface area contributed by atoms with E-state index in [0.29, 0.717) is 19.3 Å². The summed E-state index contributed by atoms with van der Waals surface area (Å²) in [5, 5.41) is 0. The van der Waals surface area contributed by atoms with Gasteiger partial charge < -0.3 is 14.2 Å². The van der Waals surface area contributed by atoms with Crippen molar-refractivity contribution in [2.45, 2.75) is 252 Å². The lowest BCUT2D eigenvalue weighted by Gasteiger charge is -2.18. The molecule has 0 aliphatic carbocycles. The molecule has 0 saturated carbocycles. The van der Waals surface area contributed by atoms with Crippen molar-refractivity contribution in [3.8, 4) is 0 Å². The fraction of sp³-hybridized carbons (Fsp3) is 0.621. The summed E-state index contributed by atoms with van der Waals surface area (Å²) in [5.74, 6) is -1.01. The lowest BCUT2D eigenvalue weighted by molar-refractivity contribution is -0.166. The van der Waals surface area contributed by atoms with E-state index in [-0.39, 0.29) is 31.6 Å². The van der Waals surface area contributed by atoms with Gasteiger partial charge in [0.15, 0.2) is 6.10 Å². The van der Waals surface area contributed by atoms with E-state index in [0.717, 1.165) is 116 Å². The van der Waals surface area contributed by atoms with Crippen LogP contribution in [-0.2, 0) is 28.6 Å². The Kier molecular flexibility index (Phi) is 55.5. The monoisotopic (exact) mass is 995 g/mol. The lowest BCUT2D eigenvalue weighted by Crippen LogP contribution is -2.30. The lowest BCUT2D eigenvalue weighted by atomic mass is 10.0. The van der Waals surface area contributed by atoms with Gasteiger partial charge >= 0.3 is 17.9 Å². The maximum absolute atomic E-state index is 12.8. The molecule has 0 bridgehead atoms. The highest BCUT2D eigenvalue weighted by molar-refractivity contribution is 5.71. The molecule has 0 aromatic rings. The minimum atomic E-state index is -0.827. The van der Waals surface area contributed by atoms with Gasteiger partial charge in [-0.3, -0.25) is 14.4 Å². The van der Waals surface area contributed by atoms with Gasteiger partial charge in [0, 0.05) is 19.3 Å².